The molecule has 0 fully saturated rings. The van der Waals surface area contributed by atoms with Gasteiger partial charge in [-0.3, -0.25) is 9.59 Å². The molecule has 40 heavy (non-hydrogen) atoms. The largest absolute Gasteiger partial charge is 0.462 e. The van der Waals surface area contributed by atoms with Gasteiger partial charge in [-0.2, -0.15) is 0 Å². The molecule has 0 aliphatic carbocycles. The zero-order valence-corrected chi connectivity index (χ0v) is 23.6. The number of anilines is 1. The zero-order valence-electron chi connectivity index (χ0n) is 23.6. The van der Waals surface area contributed by atoms with E-state index in [1.165, 1.54) is 4.90 Å². The lowest BCUT2D eigenvalue weighted by molar-refractivity contribution is -0.140. The average molecular weight is 545 g/mol. The predicted molar refractivity (Wildman–Crippen MR) is 153 cm³/mol. The van der Waals surface area contributed by atoms with Crippen LogP contribution in [-0.4, -0.2) is 56.5 Å². The quantitative estimate of drug-likeness (QED) is 0.256. The molecule has 8 nitrogen and oxygen atoms in total. The first-order valence-electron chi connectivity index (χ1n) is 13.6. The van der Waals surface area contributed by atoms with Crippen LogP contribution in [0.5, 0.6) is 0 Å². The van der Waals surface area contributed by atoms with Crippen molar-refractivity contribution in [2.24, 2.45) is 0 Å². The summed E-state index contributed by atoms with van der Waals surface area (Å²) in [5, 5.41) is 3.52. The first kappa shape index (κ1) is 29.0. The van der Waals surface area contributed by atoms with Gasteiger partial charge >= 0.3 is 5.97 Å². The number of Topliss-reactive ketones (excluding diaryl/α,β-unsaturated/α-hetero) is 1. The van der Waals surface area contributed by atoms with Gasteiger partial charge in [0.05, 0.1) is 29.7 Å². The normalized spacial score (nSPS) is 16.3. The van der Waals surface area contributed by atoms with Crippen molar-refractivity contribution < 1.29 is 28.6 Å². The summed E-state index contributed by atoms with van der Waals surface area (Å²) < 4.78 is 16.7. The minimum Gasteiger partial charge on any atom is -0.462 e. The number of carbonyl (C=O) groups is 3. The molecule has 2 unspecified atom stereocenters. The van der Waals surface area contributed by atoms with Crippen molar-refractivity contribution in [1.29, 1.82) is 0 Å². The number of hydrogen-bond donors (Lipinski definition) is 1. The molecule has 3 aromatic carbocycles. The van der Waals surface area contributed by atoms with Crippen LogP contribution in [0.2, 0.25) is 0 Å². The zero-order chi connectivity index (χ0) is 28.8. The molecule has 2 atom stereocenters. The number of hydrogen-bond acceptors (Lipinski definition) is 7. The Labute approximate surface area is 235 Å². The maximum atomic E-state index is 14.2. The minimum atomic E-state index is -0.660. The van der Waals surface area contributed by atoms with Crippen LogP contribution in [-0.2, 0) is 14.2 Å². The Morgan fingerprint density at radius 3 is 2.05 bits per heavy atom. The number of fused-ring (bicyclic) bond motifs is 1. The first-order valence-corrected chi connectivity index (χ1v) is 13.6. The van der Waals surface area contributed by atoms with Crippen molar-refractivity contribution in [2.45, 2.75) is 39.0 Å². The summed E-state index contributed by atoms with van der Waals surface area (Å²) in [6.45, 7) is 6.80. The van der Waals surface area contributed by atoms with Crippen LogP contribution in [0.1, 0.15) is 86.8 Å². The molecule has 1 aliphatic rings. The lowest BCUT2D eigenvalue weighted by Gasteiger charge is -2.35. The van der Waals surface area contributed by atoms with Gasteiger partial charge in [-0.05, 0) is 56.2 Å². The highest BCUT2D eigenvalue weighted by Crippen LogP contribution is 2.44. The van der Waals surface area contributed by atoms with Crippen molar-refractivity contribution in [1.82, 2.24) is 4.90 Å². The van der Waals surface area contributed by atoms with Crippen LogP contribution in [0, 0.1) is 0 Å². The topological polar surface area (TPSA) is 94.2 Å². The summed E-state index contributed by atoms with van der Waals surface area (Å²) in [6.07, 6.45) is -0.476. The molecule has 8 heteroatoms. The van der Waals surface area contributed by atoms with Gasteiger partial charge in [-0.1, -0.05) is 42.5 Å². The fraction of sp³-hybridized carbons (Fsp3) is 0.344. The molecule has 4 rings (SSSR count). The van der Waals surface area contributed by atoms with Crippen molar-refractivity contribution in [3.05, 3.63) is 100 Å². The lowest BCUT2D eigenvalue weighted by Crippen LogP contribution is -2.33. The van der Waals surface area contributed by atoms with E-state index in [-0.39, 0.29) is 23.9 Å². The van der Waals surface area contributed by atoms with Crippen LogP contribution in [0.25, 0.3) is 0 Å². The van der Waals surface area contributed by atoms with Crippen LogP contribution in [0.4, 0.5) is 5.69 Å². The summed E-state index contributed by atoms with van der Waals surface area (Å²) in [6, 6.07) is 19.6. The number of benzene rings is 3. The summed E-state index contributed by atoms with van der Waals surface area (Å²) in [7, 11) is 3.39. The smallest absolute Gasteiger partial charge is 0.338 e. The van der Waals surface area contributed by atoms with E-state index in [0.717, 1.165) is 16.7 Å². The van der Waals surface area contributed by atoms with E-state index < -0.39 is 24.2 Å². The fourth-order valence-electron chi connectivity index (χ4n) is 4.99. The Hall–Kier alpha value is -4.01. The third-order valence-corrected chi connectivity index (χ3v) is 6.86. The Kier molecular flexibility index (Phi) is 9.34. The number of amides is 1. The van der Waals surface area contributed by atoms with Crippen LogP contribution in [0.3, 0.4) is 0 Å². The molecule has 3 aromatic rings. The van der Waals surface area contributed by atoms with Gasteiger partial charge in [0.1, 0.15) is 0 Å². The summed E-state index contributed by atoms with van der Waals surface area (Å²) in [4.78, 5) is 41.0. The van der Waals surface area contributed by atoms with Gasteiger partial charge in [0, 0.05) is 44.1 Å². The van der Waals surface area contributed by atoms with E-state index in [0.29, 0.717) is 30.0 Å². The molecule has 0 radical (unpaired) electrons. The number of nitrogens with zero attached hydrogens (tertiary/aromatic N) is 1. The van der Waals surface area contributed by atoms with Crippen molar-refractivity contribution in [2.75, 3.05) is 39.2 Å². The van der Waals surface area contributed by atoms with Gasteiger partial charge in [0.2, 0.25) is 0 Å². The Morgan fingerprint density at radius 1 is 0.850 bits per heavy atom. The molecule has 0 saturated heterocycles. The van der Waals surface area contributed by atoms with Crippen LogP contribution >= 0.6 is 0 Å². The second-order valence-corrected chi connectivity index (χ2v) is 9.64. The molecule has 210 valence electrons. The van der Waals surface area contributed by atoms with E-state index in [1.54, 1.807) is 63.5 Å². The van der Waals surface area contributed by atoms with E-state index in [1.807, 2.05) is 38.1 Å². The van der Waals surface area contributed by atoms with E-state index in [2.05, 4.69) is 5.32 Å². The molecule has 0 spiro atoms. The second-order valence-electron chi connectivity index (χ2n) is 9.64. The summed E-state index contributed by atoms with van der Waals surface area (Å²) in [5.41, 5.74) is 4.12. The molecule has 1 amide bonds. The van der Waals surface area contributed by atoms with E-state index in [4.69, 9.17) is 14.2 Å². The van der Waals surface area contributed by atoms with Gasteiger partial charge in [0.25, 0.3) is 5.91 Å². The summed E-state index contributed by atoms with van der Waals surface area (Å²) >= 11 is 0. The highest BCUT2D eigenvalue weighted by molar-refractivity contribution is 6.14. The molecule has 0 bridgehead atoms. The van der Waals surface area contributed by atoms with E-state index in [9.17, 15) is 14.4 Å². The molecule has 1 heterocycles. The maximum Gasteiger partial charge on any atom is 0.338 e. The number of esters is 1. The summed E-state index contributed by atoms with van der Waals surface area (Å²) in [5.74, 6) is -1.52. The highest BCUT2D eigenvalue weighted by Gasteiger charge is 2.40. The highest BCUT2D eigenvalue weighted by atomic mass is 16.7. The van der Waals surface area contributed by atoms with Gasteiger partial charge < -0.3 is 24.4 Å². The first-order chi connectivity index (χ1) is 19.3. The fourth-order valence-corrected chi connectivity index (χ4v) is 4.99. The third kappa shape index (κ3) is 5.93. The number of ether oxygens (including phenoxy) is 3. The maximum absolute atomic E-state index is 14.2. The SMILES string of the molecule is CCOC(=O)c1cccc2c1C(=O)C(c1ccc(C(=O)N(C)C)cc1)C(c1ccc(C(OCC)OCC)cc1)N2. The minimum absolute atomic E-state index is 0.125. The molecule has 1 aliphatic heterocycles. The molecule has 0 aromatic heterocycles. The predicted octanol–water partition coefficient (Wildman–Crippen LogP) is 5.77. The molecule has 0 saturated carbocycles. The van der Waals surface area contributed by atoms with Gasteiger partial charge in [0.15, 0.2) is 12.1 Å². The van der Waals surface area contributed by atoms with Crippen molar-refractivity contribution >= 4 is 23.3 Å². The molecular formula is C32H36N2O6. The average Bonchev–Trinajstić information content (AvgIpc) is 2.96. The standard InChI is InChI=1S/C32H36N2O6/c1-6-38-31(37)24-10-9-11-25-27(24)29(35)26(20-12-16-22(17-13-20)30(36)34(4)5)28(33-25)21-14-18-23(19-15-21)32(39-7-2)40-8-3/h9-19,26,28,32-33H,6-8H2,1-5H3. The van der Waals surface area contributed by atoms with Crippen molar-refractivity contribution in [3.63, 3.8) is 0 Å². The van der Waals surface area contributed by atoms with Gasteiger partial charge in [-0.25, -0.2) is 4.79 Å². The van der Waals surface area contributed by atoms with Crippen molar-refractivity contribution in [3.8, 4) is 0 Å². The van der Waals surface area contributed by atoms with Gasteiger partial charge in [-0.15, -0.1) is 0 Å². The number of ketones is 1. The second kappa shape index (κ2) is 12.9. The van der Waals surface area contributed by atoms with E-state index >= 15 is 0 Å². The Morgan fingerprint density at radius 2 is 1.48 bits per heavy atom. The molecular weight excluding hydrogens is 508 g/mol. The number of carbonyl (C=O) groups excluding carboxylic acids is 3. The molecule has 1 N–H and O–H groups in total. The Balaban J connectivity index is 1.79. The third-order valence-electron chi connectivity index (χ3n) is 6.86. The lowest BCUT2D eigenvalue weighted by atomic mass is 9.77. The van der Waals surface area contributed by atoms with Crippen LogP contribution in [0.15, 0.2) is 66.7 Å². The Bertz CT molecular complexity index is 1340. The monoisotopic (exact) mass is 544 g/mol. The number of nitrogens with one attached hydrogen (secondary N) is 1. The van der Waals surface area contributed by atoms with Crippen LogP contribution < -0.4 is 5.32 Å². The number of rotatable bonds is 10.